The summed E-state index contributed by atoms with van der Waals surface area (Å²) >= 11 is 0. The maximum absolute atomic E-state index is 6.40. The Kier molecular flexibility index (Phi) is 8.05. The lowest BCUT2D eigenvalue weighted by atomic mass is 9.91. The van der Waals surface area contributed by atoms with Crippen LogP contribution in [0.25, 0.3) is 0 Å². The molecule has 0 radical (unpaired) electrons. The van der Waals surface area contributed by atoms with Gasteiger partial charge in [0.1, 0.15) is 0 Å². The van der Waals surface area contributed by atoms with Crippen LogP contribution >= 0.6 is 12.4 Å². The summed E-state index contributed by atoms with van der Waals surface area (Å²) in [5, 5.41) is 0. The van der Waals surface area contributed by atoms with Gasteiger partial charge in [-0.05, 0) is 37.0 Å². The van der Waals surface area contributed by atoms with Crippen LogP contribution in [0.4, 0.5) is 0 Å². The highest BCUT2D eigenvalue weighted by Crippen LogP contribution is 2.35. The van der Waals surface area contributed by atoms with Gasteiger partial charge in [-0.3, -0.25) is 4.90 Å². The van der Waals surface area contributed by atoms with E-state index in [4.69, 9.17) is 23.7 Å². The van der Waals surface area contributed by atoms with Crippen molar-refractivity contribution in [2.24, 2.45) is 0 Å². The molecule has 0 N–H and O–H groups in total. The van der Waals surface area contributed by atoms with E-state index in [9.17, 15) is 0 Å². The molecule has 4 rings (SSSR count). The molecule has 164 valence electrons. The summed E-state index contributed by atoms with van der Waals surface area (Å²) in [6, 6.07) is 6.57. The summed E-state index contributed by atoms with van der Waals surface area (Å²) in [6.07, 6.45) is 7.03. The van der Waals surface area contributed by atoms with Crippen LogP contribution in [-0.2, 0) is 20.6 Å². The molecule has 2 heterocycles. The second kappa shape index (κ2) is 10.3. The summed E-state index contributed by atoms with van der Waals surface area (Å²) in [5.41, 5.74) is 1.21. The second-order valence-corrected chi connectivity index (χ2v) is 8.03. The van der Waals surface area contributed by atoms with Gasteiger partial charge in [0.15, 0.2) is 17.3 Å². The minimum absolute atomic E-state index is 0. The lowest BCUT2D eigenvalue weighted by molar-refractivity contribution is -0.149. The smallest absolute Gasteiger partial charge is 0.182 e. The molecule has 29 heavy (non-hydrogen) atoms. The van der Waals surface area contributed by atoms with E-state index in [1.54, 1.807) is 14.2 Å². The van der Waals surface area contributed by atoms with E-state index in [1.165, 1.54) is 24.8 Å². The number of methoxy groups -OCH3 is 2. The van der Waals surface area contributed by atoms with Gasteiger partial charge < -0.3 is 23.7 Å². The highest BCUT2D eigenvalue weighted by Gasteiger charge is 2.46. The molecule has 6 nitrogen and oxygen atoms in total. The van der Waals surface area contributed by atoms with Gasteiger partial charge in [-0.1, -0.05) is 18.9 Å². The van der Waals surface area contributed by atoms with Gasteiger partial charge in [0, 0.05) is 19.0 Å². The van der Waals surface area contributed by atoms with Gasteiger partial charge in [0.25, 0.3) is 0 Å². The lowest BCUT2D eigenvalue weighted by Crippen LogP contribution is -2.47. The average Bonchev–Trinajstić information content (AvgIpc) is 3.38. The Hall–Kier alpha value is -1.05. The quantitative estimate of drug-likeness (QED) is 0.664. The van der Waals surface area contributed by atoms with Gasteiger partial charge in [-0.25, -0.2) is 0 Å². The first kappa shape index (κ1) is 22.6. The van der Waals surface area contributed by atoms with Gasteiger partial charge >= 0.3 is 0 Å². The Morgan fingerprint density at radius 1 is 1.07 bits per heavy atom. The number of hydrogen-bond acceptors (Lipinski definition) is 6. The molecule has 1 spiro atoms. The van der Waals surface area contributed by atoms with Crippen molar-refractivity contribution in [1.82, 2.24) is 4.90 Å². The second-order valence-electron chi connectivity index (χ2n) is 8.03. The topological polar surface area (TPSA) is 49.4 Å². The third-order valence-electron chi connectivity index (χ3n) is 6.34. The van der Waals surface area contributed by atoms with E-state index in [0.29, 0.717) is 12.1 Å². The molecule has 3 aliphatic rings. The molecule has 0 unspecified atom stereocenters. The van der Waals surface area contributed by atoms with E-state index >= 15 is 0 Å². The highest BCUT2D eigenvalue weighted by molar-refractivity contribution is 5.85. The Morgan fingerprint density at radius 2 is 1.83 bits per heavy atom. The number of rotatable bonds is 7. The number of benzene rings is 1. The molecule has 2 saturated heterocycles. The van der Waals surface area contributed by atoms with Crippen LogP contribution in [-0.4, -0.2) is 70.0 Å². The van der Waals surface area contributed by atoms with Crippen molar-refractivity contribution in [3.63, 3.8) is 0 Å². The highest BCUT2D eigenvalue weighted by atomic mass is 35.5. The summed E-state index contributed by atoms with van der Waals surface area (Å²) in [7, 11) is 3.33. The van der Waals surface area contributed by atoms with E-state index in [0.717, 1.165) is 63.7 Å². The van der Waals surface area contributed by atoms with Crippen molar-refractivity contribution in [2.45, 2.75) is 56.5 Å². The van der Waals surface area contributed by atoms with E-state index in [-0.39, 0.29) is 18.2 Å². The number of ether oxygens (including phenoxy) is 5. The monoisotopic (exact) mass is 427 g/mol. The fourth-order valence-corrected chi connectivity index (χ4v) is 4.85. The van der Waals surface area contributed by atoms with Crippen LogP contribution in [0.1, 0.15) is 37.7 Å². The zero-order valence-corrected chi connectivity index (χ0v) is 18.4. The van der Waals surface area contributed by atoms with Gasteiger partial charge in [0.2, 0.25) is 0 Å². The van der Waals surface area contributed by atoms with Crippen molar-refractivity contribution >= 4 is 12.4 Å². The molecule has 1 saturated carbocycles. The summed E-state index contributed by atoms with van der Waals surface area (Å²) in [5.74, 6) is 1.19. The molecule has 1 aromatic carbocycles. The van der Waals surface area contributed by atoms with Crippen molar-refractivity contribution in [3.05, 3.63) is 23.8 Å². The van der Waals surface area contributed by atoms with Crippen LogP contribution < -0.4 is 9.47 Å². The minimum Gasteiger partial charge on any atom is -0.493 e. The molecule has 0 bridgehead atoms. The zero-order valence-electron chi connectivity index (χ0n) is 17.6. The van der Waals surface area contributed by atoms with Crippen molar-refractivity contribution in [3.8, 4) is 11.5 Å². The fraction of sp³-hybridized carbons (Fsp3) is 0.727. The van der Waals surface area contributed by atoms with Gasteiger partial charge in [-0.15, -0.1) is 12.4 Å². The van der Waals surface area contributed by atoms with Crippen molar-refractivity contribution < 1.29 is 23.7 Å². The molecule has 3 fully saturated rings. The first-order chi connectivity index (χ1) is 13.7. The van der Waals surface area contributed by atoms with Crippen LogP contribution in [0, 0.1) is 0 Å². The van der Waals surface area contributed by atoms with Crippen molar-refractivity contribution in [2.75, 3.05) is 47.1 Å². The zero-order chi connectivity index (χ0) is 19.4. The van der Waals surface area contributed by atoms with E-state index in [2.05, 4.69) is 11.0 Å². The van der Waals surface area contributed by atoms with E-state index < -0.39 is 0 Å². The summed E-state index contributed by atoms with van der Waals surface area (Å²) in [4.78, 5) is 2.55. The molecule has 2 atom stereocenters. The predicted octanol–water partition coefficient (Wildman–Crippen LogP) is 3.44. The Morgan fingerprint density at radius 3 is 2.59 bits per heavy atom. The average molecular weight is 428 g/mol. The molecule has 7 heteroatoms. The normalized spacial score (nSPS) is 26.4. The van der Waals surface area contributed by atoms with Crippen LogP contribution in [0.2, 0.25) is 0 Å². The third kappa shape index (κ3) is 5.17. The number of hydrogen-bond donors (Lipinski definition) is 0. The largest absolute Gasteiger partial charge is 0.493 e. The number of halogens is 1. The predicted molar refractivity (Wildman–Crippen MR) is 113 cm³/mol. The first-order valence-corrected chi connectivity index (χ1v) is 10.6. The Balaban J connectivity index is 0.00000240. The van der Waals surface area contributed by atoms with Gasteiger partial charge in [0.05, 0.1) is 46.7 Å². The number of nitrogens with zero attached hydrogens (tertiary/aromatic N) is 1. The standard InChI is InChI=1S/C22H33NO5.ClH/c1-24-20-8-7-17(15-21(20)25-2)9-12-26-19-6-4-3-5-18(19)23-11-10-22(16-23)27-13-14-28-22;/h7-8,15,18-19H,3-6,9-14,16H2,1-2H3;1H/t18-,19-;/m0./s1. The minimum atomic E-state index is -0.346. The number of likely N-dealkylation sites (tertiary alicyclic amines) is 1. The fourth-order valence-electron chi connectivity index (χ4n) is 4.85. The van der Waals surface area contributed by atoms with Crippen molar-refractivity contribution in [1.29, 1.82) is 0 Å². The molecule has 2 aliphatic heterocycles. The molecule has 1 aliphatic carbocycles. The van der Waals surface area contributed by atoms with Crippen LogP contribution in [0.5, 0.6) is 11.5 Å². The Labute approximate surface area is 180 Å². The van der Waals surface area contributed by atoms with Crippen LogP contribution in [0.15, 0.2) is 18.2 Å². The van der Waals surface area contributed by atoms with Crippen LogP contribution in [0.3, 0.4) is 0 Å². The van der Waals surface area contributed by atoms with Gasteiger partial charge in [-0.2, -0.15) is 0 Å². The summed E-state index contributed by atoms with van der Waals surface area (Å²) < 4.78 is 28.9. The maximum atomic E-state index is 6.40. The lowest BCUT2D eigenvalue weighted by Gasteiger charge is -2.38. The first-order valence-electron chi connectivity index (χ1n) is 10.6. The Bertz CT molecular complexity index is 652. The molecular formula is C22H34ClNO5. The third-order valence-corrected chi connectivity index (χ3v) is 6.34. The van der Waals surface area contributed by atoms with E-state index in [1.807, 2.05) is 12.1 Å². The summed E-state index contributed by atoms with van der Waals surface area (Å²) in [6.45, 7) is 4.10. The molecule has 0 amide bonds. The molecule has 1 aromatic rings. The molecule has 0 aromatic heterocycles. The SMILES string of the molecule is COc1ccc(CCO[C@H]2CCCC[C@@H]2N2CCC3(C2)OCCO3)cc1OC.Cl. The molecular weight excluding hydrogens is 394 g/mol. The maximum Gasteiger partial charge on any atom is 0.182 e.